The van der Waals surface area contributed by atoms with Crippen molar-refractivity contribution in [2.45, 2.75) is 27.3 Å². The molecule has 0 spiro atoms. The standard InChI is InChI=1S/C18H23N3O2/c1-18(2,3)13-10-21-17(23)15(13)16(22)20-9-11-8-19-14-7-5-4-6-12(11)14/h4-8,13,15,19H,9-10H2,1-3H3,(H,20,22)(H,21,23)/t13-,15+/m0/s1. The van der Waals surface area contributed by atoms with Gasteiger partial charge in [0, 0.05) is 36.1 Å². The van der Waals surface area contributed by atoms with E-state index in [4.69, 9.17) is 0 Å². The predicted molar refractivity (Wildman–Crippen MR) is 89.6 cm³/mol. The number of aromatic nitrogens is 1. The second kappa shape index (κ2) is 5.72. The molecule has 0 aliphatic carbocycles. The number of para-hydroxylation sites is 1. The van der Waals surface area contributed by atoms with Crippen molar-refractivity contribution in [1.82, 2.24) is 15.6 Å². The largest absolute Gasteiger partial charge is 0.361 e. The van der Waals surface area contributed by atoms with E-state index in [2.05, 4.69) is 36.4 Å². The normalized spacial score (nSPS) is 21.4. The molecule has 3 rings (SSSR count). The fourth-order valence-electron chi connectivity index (χ4n) is 3.30. The van der Waals surface area contributed by atoms with E-state index in [9.17, 15) is 9.59 Å². The first-order valence-corrected chi connectivity index (χ1v) is 7.98. The molecule has 2 heterocycles. The zero-order chi connectivity index (χ0) is 16.6. The third kappa shape index (κ3) is 2.96. The lowest BCUT2D eigenvalue weighted by molar-refractivity contribution is -0.135. The number of aromatic amines is 1. The van der Waals surface area contributed by atoms with Crippen molar-refractivity contribution >= 4 is 22.7 Å². The average molecular weight is 313 g/mol. The Kier molecular flexibility index (Phi) is 3.88. The summed E-state index contributed by atoms with van der Waals surface area (Å²) >= 11 is 0. The van der Waals surface area contributed by atoms with Gasteiger partial charge in [0.2, 0.25) is 11.8 Å². The molecule has 0 unspecified atom stereocenters. The smallest absolute Gasteiger partial charge is 0.233 e. The van der Waals surface area contributed by atoms with Crippen molar-refractivity contribution in [2.24, 2.45) is 17.3 Å². The first-order valence-electron chi connectivity index (χ1n) is 7.98. The molecule has 1 aliphatic heterocycles. The van der Waals surface area contributed by atoms with Crippen LogP contribution in [0.5, 0.6) is 0 Å². The van der Waals surface area contributed by atoms with Crippen LogP contribution in [-0.4, -0.2) is 23.3 Å². The molecule has 0 saturated carbocycles. The van der Waals surface area contributed by atoms with Gasteiger partial charge in [-0.15, -0.1) is 0 Å². The molecule has 1 aromatic carbocycles. The molecule has 0 radical (unpaired) electrons. The Morgan fingerprint density at radius 3 is 2.78 bits per heavy atom. The molecule has 1 aliphatic rings. The van der Waals surface area contributed by atoms with Crippen LogP contribution in [-0.2, 0) is 16.1 Å². The van der Waals surface area contributed by atoms with Crippen LogP contribution in [0.1, 0.15) is 26.3 Å². The van der Waals surface area contributed by atoms with Crippen LogP contribution in [0, 0.1) is 17.3 Å². The van der Waals surface area contributed by atoms with Crippen LogP contribution in [0.3, 0.4) is 0 Å². The summed E-state index contributed by atoms with van der Waals surface area (Å²) in [4.78, 5) is 27.8. The van der Waals surface area contributed by atoms with Crippen molar-refractivity contribution < 1.29 is 9.59 Å². The van der Waals surface area contributed by atoms with Gasteiger partial charge in [0.25, 0.3) is 0 Å². The number of H-pyrrole nitrogens is 1. The molecule has 2 amide bonds. The fraction of sp³-hybridized carbons (Fsp3) is 0.444. The highest BCUT2D eigenvalue weighted by molar-refractivity contribution is 6.02. The van der Waals surface area contributed by atoms with Gasteiger partial charge in [-0.3, -0.25) is 9.59 Å². The number of carbonyl (C=O) groups is 2. The van der Waals surface area contributed by atoms with E-state index >= 15 is 0 Å². The molecule has 1 saturated heterocycles. The maximum absolute atomic E-state index is 12.6. The molecule has 3 N–H and O–H groups in total. The Morgan fingerprint density at radius 1 is 1.30 bits per heavy atom. The Balaban J connectivity index is 1.72. The maximum Gasteiger partial charge on any atom is 0.233 e. The number of rotatable bonds is 3. The van der Waals surface area contributed by atoms with Gasteiger partial charge in [0.1, 0.15) is 5.92 Å². The zero-order valence-electron chi connectivity index (χ0n) is 13.8. The van der Waals surface area contributed by atoms with Gasteiger partial charge in [0.15, 0.2) is 0 Å². The summed E-state index contributed by atoms with van der Waals surface area (Å²) in [6, 6.07) is 7.97. The van der Waals surface area contributed by atoms with Crippen LogP contribution < -0.4 is 10.6 Å². The van der Waals surface area contributed by atoms with E-state index in [1.165, 1.54) is 0 Å². The van der Waals surface area contributed by atoms with E-state index in [0.717, 1.165) is 16.5 Å². The molecular formula is C18H23N3O2. The topological polar surface area (TPSA) is 74.0 Å². The first-order chi connectivity index (χ1) is 10.9. The SMILES string of the molecule is CC(C)(C)[C@H]1CNC(=O)[C@H]1C(=O)NCc1c[nH]c2ccccc12. The highest BCUT2D eigenvalue weighted by atomic mass is 16.2. The van der Waals surface area contributed by atoms with Crippen LogP contribution in [0.4, 0.5) is 0 Å². The molecule has 5 heteroatoms. The third-order valence-corrected chi connectivity index (χ3v) is 4.70. The first kappa shape index (κ1) is 15.6. The third-order valence-electron chi connectivity index (χ3n) is 4.70. The van der Waals surface area contributed by atoms with E-state index in [1.807, 2.05) is 30.5 Å². The second-order valence-electron chi connectivity index (χ2n) is 7.27. The molecule has 1 fully saturated rings. The number of hydrogen-bond donors (Lipinski definition) is 3. The van der Waals surface area contributed by atoms with Gasteiger partial charge in [-0.05, 0) is 17.0 Å². The number of carbonyl (C=O) groups excluding carboxylic acids is 2. The summed E-state index contributed by atoms with van der Waals surface area (Å²) in [5.74, 6) is -0.954. The zero-order valence-corrected chi connectivity index (χ0v) is 13.8. The molecular weight excluding hydrogens is 290 g/mol. The molecule has 0 bridgehead atoms. The van der Waals surface area contributed by atoms with E-state index in [-0.39, 0.29) is 23.1 Å². The van der Waals surface area contributed by atoms with Crippen LogP contribution in [0.2, 0.25) is 0 Å². The minimum absolute atomic E-state index is 0.0120. The van der Waals surface area contributed by atoms with Crippen molar-refractivity contribution in [3.8, 4) is 0 Å². The van der Waals surface area contributed by atoms with E-state index in [0.29, 0.717) is 13.1 Å². The van der Waals surface area contributed by atoms with Gasteiger partial charge in [-0.1, -0.05) is 39.0 Å². The van der Waals surface area contributed by atoms with Crippen molar-refractivity contribution in [2.75, 3.05) is 6.54 Å². The lowest BCUT2D eigenvalue weighted by atomic mass is 9.74. The summed E-state index contributed by atoms with van der Waals surface area (Å²) < 4.78 is 0. The van der Waals surface area contributed by atoms with Crippen LogP contribution in [0.25, 0.3) is 10.9 Å². The molecule has 2 aromatic rings. The second-order valence-corrected chi connectivity index (χ2v) is 7.27. The van der Waals surface area contributed by atoms with Gasteiger partial charge >= 0.3 is 0 Å². The minimum atomic E-state index is -0.611. The van der Waals surface area contributed by atoms with Crippen LogP contribution >= 0.6 is 0 Å². The highest BCUT2D eigenvalue weighted by Crippen LogP contribution is 2.35. The monoisotopic (exact) mass is 313 g/mol. The quantitative estimate of drug-likeness (QED) is 0.760. The maximum atomic E-state index is 12.6. The molecule has 5 nitrogen and oxygen atoms in total. The van der Waals surface area contributed by atoms with E-state index < -0.39 is 5.92 Å². The predicted octanol–water partition coefficient (Wildman–Crippen LogP) is 2.19. The number of hydrogen-bond acceptors (Lipinski definition) is 2. The minimum Gasteiger partial charge on any atom is -0.361 e. The van der Waals surface area contributed by atoms with Crippen molar-refractivity contribution in [3.63, 3.8) is 0 Å². The van der Waals surface area contributed by atoms with E-state index in [1.54, 1.807) is 0 Å². The Morgan fingerprint density at radius 2 is 2.04 bits per heavy atom. The summed E-state index contributed by atoms with van der Waals surface area (Å²) in [7, 11) is 0. The summed E-state index contributed by atoms with van der Waals surface area (Å²) in [5.41, 5.74) is 1.98. The Labute approximate surface area is 135 Å². The molecule has 1 aromatic heterocycles. The lowest BCUT2D eigenvalue weighted by Gasteiger charge is -2.29. The van der Waals surface area contributed by atoms with Gasteiger partial charge in [-0.25, -0.2) is 0 Å². The van der Waals surface area contributed by atoms with Gasteiger partial charge in [-0.2, -0.15) is 0 Å². The lowest BCUT2D eigenvalue weighted by Crippen LogP contribution is -2.40. The Bertz CT molecular complexity index is 742. The van der Waals surface area contributed by atoms with Gasteiger partial charge in [0.05, 0.1) is 0 Å². The van der Waals surface area contributed by atoms with Gasteiger partial charge < -0.3 is 15.6 Å². The van der Waals surface area contributed by atoms with Crippen molar-refractivity contribution in [1.29, 1.82) is 0 Å². The number of amides is 2. The highest BCUT2D eigenvalue weighted by Gasteiger charge is 2.45. The summed E-state index contributed by atoms with van der Waals surface area (Å²) in [6.45, 7) is 7.19. The van der Waals surface area contributed by atoms with Crippen LogP contribution in [0.15, 0.2) is 30.5 Å². The number of benzene rings is 1. The molecule has 2 atom stereocenters. The average Bonchev–Trinajstić information content (AvgIpc) is 3.08. The summed E-state index contributed by atoms with van der Waals surface area (Å²) in [5, 5.41) is 6.85. The van der Waals surface area contributed by atoms with Crippen molar-refractivity contribution in [3.05, 3.63) is 36.0 Å². The Hall–Kier alpha value is -2.30. The number of fused-ring (bicyclic) bond motifs is 1. The molecule has 122 valence electrons. The molecule has 23 heavy (non-hydrogen) atoms. The summed E-state index contributed by atoms with van der Waals surface area (Å²) in [6.07, 6.45) is 1.90. The number of nitrogens with one attached hydrogen (secondary N) is 3. The fourth-order valence-corrected chi connectivity index (χ4v) is 3.30.